The van der Waals surface area contributed by atoms with E-state index in [0.717, 1.165) is 23.8 Å². The number of fused-ring (bicyclic) bond motifs is 1. The van der Waals surface area contributed by atoms with Gasteiger partial charge in [0.25, 0.3) is 0 Å². The standard InChI is InChI=1S/C31H34INO9/c1-40-16-20-14-21-27(30(38)33(29(21)37)31(39)42-3)22(15-34)26(20)24(35)10-9-19(18-7-5-4-6-8-18)11-17-12-23(32)28(36)25(13-17)41-2/h4-8,11-13,21-22,24,27,34-36H,9-10,14-16H2,1-3H3/b19-11-/t21-,22+,24-,27-/m1/s1. The molecule has 0 bridgehead atoms. The number of phenolic OH excluding ortho intramolecular Hbond substituents is 1. The minimum Gasteiger partial charge on any atom is -0.504 e. The van der Waals surface area contributed by atoms with Gasteiger partial charge in [-0.2, -0.15) is 4.90 Å². The largest absolute Gasteiger partial charge is 0.504 e. The highest BCUT2D eigenvalue weighted by Crippen LogP contribution is 2.46. The second-order valence-corrected chi connectivity index (χ2v) is 11.4. The molecule has 42 heavy (non-hydrogen) atoms. The second-order valence-electron chi connectivity index (χ2n) is 10.2. The maximum absolute atomic E-state index is 13.2. The fourth-order valence-corrected chi connectivity index (χ4v) is 6.60. The van der Waals surface area contributed by atoms with Gasteiger partial charge in [-0.1, -0.05) is 36.4 Å². The van der Waals surface area contributed by atoms with Gasteiger partial charge < -0.3 is 29.5 Å². The number of rotatable bonds is 10. The lowest BCUT2D eigenvalue weighted by atomic mass is 9.68. The molecule has 224 valence electrons. The molecule has 0 unspecified atom stereocenters. The molecule has 0 radical (unpaired) electrons. The number of carbonyl (C=O) groups is 3. The van der Waals surface area contributed by atoms with Gasteiger partial charge in [0, 0.05) is 13.0 Å². The fraction of sp³-hybridized carbons (Fsp3) is 0.387. The second kappa shape index (κ2) is 13.8. The summed E-state index contributed by atoms with van der Waals surface area (Å²) in [6.45, 7) is -0.402. The summed E-state index contributed by atoms with van der Waals surface area (Å²) in [5, 5.41) is 32.3. The molecule has 10 nitrogen and oxygen atoms in total. The molecule has 0 spiro atoms. The normalized spacial score (nSPS) is 21.4. The van der Waals surface area contributed by atoms with Gasteiger partial charge in [0.05, 0.1) is 48.9 Å². The van der Waals surface area contributed by atoms with E-state index in [-0.39, 0.29) is 25.2 Å². The molecule has 4 rings (SSSR count). The summed E-state index contributed by atoms with van der Waals surface area (Å²) >= 11 is 2.04. The summed E-state index contributed by atoms with van der Waals surface area (Å²) in [6, 6.07) is 13.2. The van der Waals surface area contributed by atoms with Gasteiger partial charge in [0.1, 0.15) is 0 Å². The number of amides is 3. The topological polar surface area (TPSA) is 143 Å². The van der Waals surface area contributed by atoms with Gasteiger partial charge in [-0.3, -0.25) is 9.59 Å². The molecule has 1 aliphatic carbocycles. The van der Waals surface area contributed by atoms with Crippen LogP contribution in [0.25, 0.3) is 11.6 Å². The minimum atomic E-state index is -1.07. The fourth-order valence-electron chi connectivity index (χ4n) is 5.97. The average Bonchev–Trinajstić information content (AvgIpc) is 3.24. The number of likely N-dealkylation sites (tertiary alicyclic amines) is 1. The van der Waals surface area contributed by atoms with Gasteiger partial charge in [0.2, 0.25) is 11.8 Å². The van der Waals surface area contributed by atoms with Crippen molar-refractivity contribution in [3.05, 3.63) is 68.3 Å². The van der Waals surface area contributed by atoms with Crippen LogP contribution in [-0.2, 0) is 19.1 Å². The first-order valence-corrected chi connectivity index (χ1v) is 14.5. The van der Waals surface area contributed by atoms with Gasteiger partial charge >= 0.3 is 6.09 Å². The molecule has 2 aliphatic rings. The molecule has 11 heteroatoms. The molecule has 2 aromatic rings. The van der Waals surface area contributed by atoms with Crippen molar-refractivity contribution in [2.75, 3.05) is 34.5 Å². The Hall–Kier alpha value is -3.26. The van der Waals surface area contributed by atoms with Crippen LogP contribution in [0.15, 0.2) is 53.6 Å². The van der Waals surface area contributed by atoms with Crippen LogP contribution in [0.5, 0.6) is 11.5 Å². The highest BCUT2D eigenvalue weighted by Gasteiger charge is 2.57. The third-order valence-corrected chi connectivity index (χ3v) is 8.68. The maximum Gasteiger partial charge on any atom is 0.423 e. The zero-order valence-electron chi connectivity index (χ0n) is 23.6. The molecule has 3 amide bonds. The van der Waals surface area contributed by atoms with E-state index in [1.807, 2.05) is 65.1 Å². The van der Waals surface area contributed by atoms with Crippen LogP contribution >= 0.6 is 22.6 Å². The first kappa shape index (κ1) is 31.7. The number of halogens is 1. The number of aliphatic hydroxyl groups is 2. The number of aliphatic hydroxyl groups excluding tert-OH is 2. The molecular formula is C31H34INO9. The minimum absolute atomic E-state index is 0.0564. The molecule has 2 aromatic carbocycles. The summed E-state index contributed by atoms with van der Waals surface area (Å²) in [5.74, 6) is -3.75. The van der Waals surface area contributed by atoms with Crippen molar-refractivity contribution in [2.24, 2.45) is 17.8 Å². The Morgan fingerprint density at radius 3 is 2.48 bits per heavy atom. The van der Waals surface area contributed by atoms with E-state index >= 15 is 0 Å². The summed E-state index contributed by atoms with van der Waals surface area (Å²) in [5.41, 5.74) is 3.73. The highest BCUT2D eigenvalue weighted by molar-refractivity contribution is 14.1. The Morgan fingerprint density at radius 1 is 1.14 bits per heavy atom. The lowest BCUT2D eigenvalue weighted by Gasteiger charge is -2.36. The van der Waals surface area contributed by atoms with Crippen LogP contribution < -0.4 is 4.74 Å². The lowest BCUT2D eigenvalue weighted by Crippen LogP contribution is -2.40. The number of allylic oxidation sites excluding steroid dienone is 1. The van der Waals surface area contributed by atoms with Crippen molar-refractivity contribution in [3.63, 3.8) is 0 Å². The van der Waals surface area contributed by atoms with Gasteiger partial charge in [-0.15, -0.1) is 0 Å². The van der Waals surface area contributed by atoms with Crippen LogP contribution in [-0.4, -0.2) is 78.8 Å². The van der Waals surface area contributed by atoms with Gasteiger partial charge in [0.15, 0.2) is 11.5 Å². The number of ether oxygens (including phenoxy) is 3. The van der Waals surface area contributed by atoms with E-state index < -0.39 is 48.4 Å². The van der Waals surface area contributed by atoms with Crippen LogP contribution in [0.2, 0.25) is 0 Å². The molecule has 1 saturated heterocycles. The van der Waals surface area contributed by atoms with Crippen molar-refractivity contribution < 1.29 is 43.9 Å². The number of imide groups is 3. The SMILES string of the molecule is COCC1=C([C@H](O)CC/C(=C/c2cc(I)c(O)c(OC)c2)c2ccccc2)[C@H](CO)[C@@H]2C(=O)N(C(=O)OC)C(=O)[C@@H]2C1. The molecule has 4 atom stereocenters. The molecule has 0 aromatic heterocycles. The van der Waals surface area contributed by atoms with Crippen molar-refractivity contribution in [1.82, 2.24) is 4.90 Å². The number of hydrogen-bond donors (Lipinski definition) is 3. The summed E-state index contributed by atoms with van der Waals surface area (Å²) in [7, 11) is 4.06. The summed E-state index contributed by atoms with van der Waals surface area (Å²) < 4.78 is 16.0. The molecule has 3 N–H and O–H groups in total. The lowest BCUT2D eigenvalue weighted by molar-refractivity contribution is -0.137. The first-order valence-electron chi connectivity index (χ1n) is 13.4. The van der Waals surface area contributed by atoms with Crippen molar-refractivity contribution in [3.8, 4) is 11.5 Å². The van der Waals surface area contributed by atoms with Crippen molar-refractivity contribution in [1.29, 1.82) is 0 Å². The van der Waals surface area contributed by atoms with E-state index in [1.54, 1.807) is 6.07 Å². The number of carbonyl (C=O) groups excluding carboxylic acids is 3. The number of phenols is 1. The first-order chi connectivity index (χ1) is 20.2. The predicted molar refractivity (Wildman–Crippen MR) is 162 cm³/mol. The third-order valence-electron chi connectivity index (χ3n) is 7.86. The van der Waals surface area contributed by atoms with Crippen LogP contribution in [0.3, 0.4) is 0 Å². The molecule has 1 heterocycles. The molecular weight excluding hydrogens is 657 g/mol. The number of aromatic hydroxyl groups is 1. The third kappa shape index (κ3) is 6.24. The Bertz CT molecular complexity index is 1400. The smallest absolute Gasteiger partial charge is 0.423 e. The zero-order chi connectivity index (χ0) is 30.6. The number of benzene rings is 2. The Balaban J connectivity index is 1.67. The summed E-state index contributed by atoms with van der Waals surface area (Å²) in [4.78, 5) is 39.0. The van der Waals surface area contributed by atoms with E-state index in [2.05, 4.69) is 4.74 Å². The predicted octanol–water partition coefficient (Wildman–Crippen LogP) is 4.01. The van der Waals surface area contributed by atoms with E-state index in [4.69, 9.17) is 9.47 Å². The van der Waals surface area contributed by atoms with Crippen molar-refractivity contribution in [2.45, 2.75) is 25.4 Å². The van der Waals surface area contributed by atoms with E-state index in [1.165, 1.54) is 14.2 Å². The van der Waals surface area contributed by atoms with Crippen molar-refractivity contribution >= 4 is 52.1 Å². The highest BCUT2D eigenvalue weighted by atomic mass is 127. The molecule has 1 fully saturated rings. The monoisotopic (exact) mass is 691 g/mol. The number of nitrogens with zero attached hydrogens (tertiary/aromatic N) is 1. The molecule has 1 aliphatic heterocycles. The van der Waals surface area contributed by atoms with Crippen LogP contribution in [0.4, 0.5) is 4.79 Å². The van der Waals surface area contributed by atoms with Crippen LogP contribution in [0.1, 0.15) is 30.4 Å². The summed E-state index contributed by atoms with van der Waals surface area (Å²) in [6.07, 6.45) is 0.612. The Morgan fingerprint density at radius 2 is 1.86 bits per heavy atom. The Labute approximate surface area is 257 Å². The Kier molecular flexibility index (Phi) is 10.4. The average molecular weight is 692 g/mol. The van der Waals surface area contributed by atoms with Gasteiger partial charge in [-0.05, 0) is 81.8 Å². The maximum atomic E-state index is 13.2. The molecule has 0 saturated carbocycles. The van der Waals surface area contributed by atoms with Crippen LogP contribution in [0, 0.1) is 21.3 Å². The quantitative estimate of drug-likeness (QED) is 0.146. The number of hydrogen-bond acceptors (Lipinski definition) is 9. The number of methoxy groups -OCH3 is 3. The van der Waals surface area contributed by atoms with E-state index in [9.17, 15) is 29.7 Å². The van der Waals surface area contributed by atoms with E-state index in [0.29, 0.717) is 31.8 Å². The van der Waals surface area contributed by atoms with Gasteiger partial charge in [-0.25, -0.2) is 4.79 Å². The zero-order valence-corrected chi connectivity index (χ0v) is 25.7.